The van der Waals surface area contributed by atoms with Crippen molar-refractivity contribution in [3.05, 3.63) is 87.5 Å². The fraction of sp³-hybridized carbons (Fsp3) is 0.217. The molecule has 136 valence electrons. The largest absolute Gasteiger partial charge is 0.530 e. The molecule has 0 saturated heterocycles. The van der Waals surface area contributed by atoms with E-state index in [2.05, 4.69) is 57.2 Å². The minimum atomic E-state index is -1.57. The molecular weight excluding hydrogens is 355 g/mol. The smallest absolute Gasteiger partial charge is 0.408 e. The summed E-state index contributed by atoms with van der Waals surface area (Å²) in [6.45, 7) is 6.37. The van der Waals surface area contributed by atoms with Gasteiger partial charge in [-0.1, -0.05) is 53.1 Å². The zero-order valence-electron chi connectivity index (χ0n) is 15.7. The Morgan fingerprint density at radius 3 is 1.59 bits per heavy atom. The van der Waals surface area contributed by atoms with Crippen molar-refractivity contribution >= 4 is 8.60 Å². The monoisotopic (exact) mass is 376 g/mol. The van der Waals surface area contributed by atoms with Gasteiger partial charge in [0, 0.05) is 12.8 Å². The van der Waals surface area contributed by atoms with E-state index in [4.69, 9.17) is 13.6 Å². The quantitative estimate of drug-likeness (QED) is 0.438. The predicted octanol–water partition coefficient (Wildman–Crippen LogP) is 6.18. The summed E-state index contributed by atoms with van der Waals surface area (Å²) in [5, 5.41) is 0. The van der Waals surface area contributed by atoms with Gasteiger partial charge in [0.2, 0.25) is 0 Å². The van der Waals surface area contributed by atoms with Gasteiger partial charge >= 0.3 is 8.60 Å². The summed E-state index contributed by atoms with van der Waals surface area (Å²) in [5.41, 5.74) is 8.47. The molecule has 2 bridgehead atoms. The van der Waals surface area contributed by atoms with Gasteiger partial charge in [-0.3, -0.25) is 0 Å². The van der Waals surface area contributed by atoms with E-state index < -0.39 is 8.60 Å². The molecule has 3 aromatic carbocycles. The molecule has 0 unspecified atom stereocenters. The maximum Gasteiger partial charge on any atom is 0.530 e. The summed E-state index contributed by atoms with van der Waals surface area (Å²) in [4.78, 5) is 0. The van der Waals surface area contributed by atoms with Crippen LogP contribution < -0.4 is 13.6 Å². The van der Waals surface area contributed by atoms with Crippen LogP contribution in [0, 0.1) is 20.8 Å². The van der Waals surface area contributed by atoms with Crippen molar-refractivity contribution in [3.63, 3.8) is 0 Å². The second-order valence-corrected chi connectivity index (χ2v) is 8.48. The third kappa shape index (κ3) is 3.07. The van der Waals surface area contributed by atoms with Gasteiger partial charge in [-0.2, -0.15) is 0 Å². The molecule has 0 N–H and O–H groups in total. The van der Waals surface area contributed by atoms with E-state index in [1.165, 1.54) is 38.9 Å². The van der Waals surface area contributed by atoms with Crippen molar-refractivity contribution in [2.45, 2.75) is 33.6 Å². The number of rotatable bonds is 0. The van der Waals surface area contributed by atoms with Gasteiger partial charge in [0.15, 0.2) is 0 Å². The summed E-state index contributed by atoms with van der Waals surface area (Å²) >= 11 is 0. The molecule has 0 saturated carbocycles. The van der Waals surface area contributed by atoms with Crippen LogP contribution in [0.4, 0.5) is 0 Å². The highest BCUT2D eigenvalue weighted by molar-refractivity contribution is 7.43. The molecule has 0 aliphatic carbocycles. The lowest BCUT2D eigenvalue weighted by Crippen LogP contribution is -2.13. The minimum absolute atomic E-state index is 0.797. The van der Waals surface area contributed by atoms with Crippen LogP contribution in [0.1, 0.15) is 38.9 Å². The van der Waals surface area contributed by atoms with Crippen molar-refractivity contribution in [2.24, 2.45) is 0 Å². The van der Waals surface area contributed by atoms with E-state index in [0.29, 0.717) is 0 Å². The van der Waals surface area contributed by atoms with Crippen molar-refractivity contribution in [2.75, 3.05) is 0 Å². The van der Waals surface area contributed by atoms with Gasteiger partial charge < -0.3 is 13.6 Å². The first-order valence-electron chi connectivity index (χ1n) is 9.21. The predicted molar refractivity (Wildman–Crippen MR) is 108 cm³/mol. The fourth-order valence-electron chi connectivity index (χ4n) is 3.88. The molecule has 2 heterocycles. The Labute approximate surface area is 160 Å². The SMILES string of the molecule is Cc1ccc2c(c1)Cc1cc(C)cc3c1OP(O2)Oc1ccc(C)cc1C3. The average molecular weight is 376 g/mol. The Morgan fingerprint density at radius 2 is 1.07 bits per heavy atom. The normalized spacial score (nSPS) is 14.9. The molecule has 2 aliphatic rings. The van der Waals surface area contributed by atoms with E-state index >= 15 is 0 Å². The Hall–Kier alpha value is -2.51. The van der Waals surface area contributed by atoms with E-state index in [-0.39, 0.29) is 0 Å². The second kappa shape index (κ2) is 6.28. The van der Waals surface area contributed by atoms with Crippen molar-refractivity contribution in [1.82, 2.24) is 0 Å². The maximum absolute atomic E-state index is 6.31. The fourth-order valence-corrected chi connectivity index (χ4v) is 5.05. The van der Waals surface area contributed by atoms with Crippen LogP contribution in [-0.4, -0.2) is 0 Å². The topological polar surface area (TPSA) is 27.7 Å². The van der Waals surface area contributed by atoms with Crippen molar-refractivity contribution < 1.29 is 13.6 Å². The Kier molecular flexibility index (Phi) is 3.87. The molecular formula is C23H21O3P. The second-order valence-electron chi connectivity index (χ2n) is 7.49. The summed E-state index contributed by atoms with van der Waals surface area (Å²) in [6.07, 6.45) is 1.59. The molecule has 0 radical (unpaired) electrons. The zero-order valence-corrected chi connectivity index (χ0v) is 16.6. The number of fused-ring (bicyclic) bond motifs is 3. The van der Waals surface area contributed by atoms with E-state index in [1.54, 1.807) is 0 Å². The van der Waals surface area contributed by atoms with Gasteiger partial charge in [-0.25, -0.2) is 0 Å². The molecule has 5 rings (SSSR count). The maximum atomic E-state index is 6.31. The van der Waals surface area contributed by atoms with E-state index in [1.807, 2.05) is 12.1 Å². The lowest BCUT2D eigenvalue weighted by Gasteiger charge is -2.28. The van der Waals surface area contributed by atoms with Gasteiger partial charge in [0.05, 0.1) is 0 Å². The number of hydrogen-bond acceptors (Lipinski definition) is 3. The first kappa shape index (κ1) is 16.6. The van der Waals surface area contributed by atoms with E-state index in [0.717, 1.165) is 30.1 Å². The molecule has 0 atom stereocenters. The average Bonchev–Trinajstić information content (AvgIpc) is 2.59. The highest BCUT2D eigenvalue weighted by atomic mass is 31.2. The van der Waals surface area contributed by atoms with Crippen LogP contribution in [0.15, 0.2) is 48.5 Å². The molecule has 3 nitrogen and oxygen atoms in total. The lowest BCUT2D eigenvalue weighted by atomic mass is 9.94. The Morgan fingerprint density at radius 1 is 0.593 bits per heavy atom. The first-order valence-corrected chi connectivity index (χ1v) is 10.3. The molecule has 4 heteroatoms. The molecule has 0 aromatic heterocycles. The Balaban J connectivity index is 1.73. The van der Waals surface area contributed by atoms with Crippen LogP contribution in [-0.2, 0) is 12.8 Å². The van der Waals surface area contributed by atoms with Gasteiger partial charge in [0.1, 0.15) is 17.2 Å². The van der Waals surface area contributed by atoms with Crippen LogP contribution >= 0.6 is 8.60 Å². The van der Waals surface area contributed by atoms with Crippen LogP contribution in [0.3, 0.4) is 0 Å². The molecule has 2 aliphatic heterocycles. The molecule has 3 aromatic rings. The third-order valence-corrected chi connectivity index (χ3v) is 6.12. The Bertz CT molecular complexity index is 979. The lowest BCUT2D eigenvalue weighted by molar-refractivity contribution is 0.374. The number of benzene rings is 3. The van der Waals surface area contributed by atoms with Crippen LogP contribution in [0.5, 0.6) is 17.2 Å². The summed E-state index contributed by atoms with van der Waals surface area (Å²) in [6, 6.07) is 17.0. The summed E-state index contributed by atoms with van der Waals surface area (Å²) in [5.74, 6) is 2.61. The molecule has 27 heavy (non-hydrogen) atoms. The highest BCUT2D eigenvalue weighted by Gasteiger charge is 2.30. The number of aryl methyl sites for hydroxylation is 3. The first-order chi connectivity index (χ1) is 13.0. The van der Waals surface area contributed by atoms with Gasteiger partial charge in [0.25, 0.3) is 0 Å². The third-order valence-electron chi connectivity index (χ3n) is 5.09. The minimum Gasteiger partial charge on any atom is -0.408 e. The van der Waals surface area contributed by atoms with Crippen molar-refractivity contribution in [3.8, 4) is 17.2 Å². The van der Waals surface area contributed by atoms with Gasteiger partial charge in [-0.15, -0.1) is 0 Å². The van der Waals surface area contributed by atoms with Gasteiger partial charge in [-0.05, 0) is 55.2 Å². The zero-order chi connectivity index (χ0) is 18.5. The number of hydrogen-bond donors (Lipinski definition) is 0. The van der Waals surface area contributed by atoms with Crippen molar-refractivity contribution in [1.29, 1.82) is 0 Å². The summed E-state index contributed by atoms with van der Waals surface area (Å²) in [7, 11) is -1.57. The molecule has 0 amide bonds. The molecule has 0 fully saturated rings. The van der Waals surface area contributed by atoms with Crippen LogP contribution in [0.2, 0.25) is 0 Å². The van der Waals surface area contributed by atoms with Crippen LogP contribution in [0.25, 0.3) is 0 Å². The molecule has 0 spiro atoms. The standard InChI is InChI=1S/C23H21O3P/c1-14-4-6-21-17(8-14)12-19-10-16(3)11-20-13-18-9-15(2)5-7-22(18)25-27(24-21)26-23(19)20/h4-11H,12-13H2,1-3H3. The summed E-state index contributed by atoms with van der Waals surface area (Å²) < 4.78 is 18.7. The van der Waals surface area contributed by atoms with E-state index in [9.17, 15) is 0 Å². The highest BCUT2D eigenvalue weighted by Crippen LogP contribution is 2.50.